The summed E-state index contributed by atoms with van der Waals surface area (Å²) in [5, 5.41) is 9.53. The number of aliphatic hydroxyl groups excluding tert-OH is 1. The number of aliphatic hydroxyl groups is 1. The van der Waals surface area contributed by atoms with Crippen LogP contribution in [0.25, 0.3) is 0 Å². The molecule has 1 aromatic rings. The summed E-state index contributed by atoms with van der Waals surface area (Å²) in [7, 11) is 1.72. The van der Waals surface area contributed by atoms with Crippen molar-refractivity contribution in [2.45, 2.75) is 26.2 Å². The van der Waals surface area contributed by atoms with Gasteiger partial charge in [0, 0.05) is 19.6 Å². The van der Waals surface area contributed by atoms with Crippen LogP contribution in [0.3, 0.4) is 0 Å². The van der Waals surface area contributed by atoms with E-state index < -0.39 is 0 Å². The highest BCUT2D eigenvalue weighted by molar-refractivity contribution is 5.29. The Kier molecular flexibility index (Phi) is 5.50. The topological polar surface area (TPSA) is 29.5 Å². The molecule has 0 spiro atoms. The molecule has 1 N–H and O–H groups in total. The summed E-state index contributed by atoms with van der Waals surface area (Å²) in [5.74, 6) is 0.655. The fourth-order valence-corrected chi connectivity index (χ4v) is 2.09. The van der Waals surface area contributed by atoms with E-state index in [0.717, 1.165) is 13.0 Å². The Hall–Kier alpha value is -0.860. The van der Waals surface area contributed by atoms with E-state index in [1.807, 2.05) is 12.1 Å². The van der Waals surface area contributed by atoms with Gasteiger partial charge in [-0.25, -0.2) is 0 Å². The highest BCUT2D eigenvalue weighted by Gasteiger charge is 2.19. The third-order valence-corrected chi connectivity index (χ3v) is 3.25. The summed E-state index contributed by atoms with van der Waals surface area (Å²) in [6, 6.07) is 8.28. The number of benzene rings is 1. The number of hydrogen-bond acceptors (Lipinski definition) is 2. The van der Waals surface area contributed by atoms with E-state index in [0.29, 0.717) is 5.92 Å². The molecule has 0 aliphatic heterocycles. The van der Waals surface area contributed by atoms with Gasteiger partial charge in [0.05, 0.1) is 6.61 Å². The van der Waals surface area contributed by atoms with Crippen molar-refractivity contribution in [2.24, 2.45) is 5.92 Å². The lowest BCUT2D eigenvalue weighted by molar-refractivity contribution is 0.159. The van der Waals surface area contributed by atoms with Crippen molar-refractivity contribution in [3.05, 3.63) is 35.4 Å². The van der Waals surface area contributed by atoms with E-state index in [9.17, 15) is 5.11 Å². The SMILES string of the molecule is COCCC(C)C(CO)c1ccccc1C. The summed E-state index contributed by atoms with van der Waals surface area (Å²) < 4.78 is 5.09. The zero-order valence-electron chi connectivity index (χ0n) is 10.4. The monoisotopic (exact) mass is 222 g/mol. The van der Waals surface area contributed by atoms with Crippen LogP contribution in [0.1, 0.15) is 30.4 Å². The molecule has 0 saturated carbocycles. The summed E-state index contributed by atoms with van der Waals surface area (Å²) in [6.45, 7) is 5.23. The summed E-state index contributed by atoms with van der Waals surface area (Å²) >= 11 is 0. The number of hydrogen-bond donors (Lipinski definition) is 1. The van der Waals surface area contributed by atoms with E-state index in [1.165, 1.54) is 11.1 Å². The van der Waals surface area contributed by atoms with Crippen LogP contribution in [0.15, 0.2) is 24.3 Å². The van der Waals surface area contributed by atoms with Crippen LogP contribution >= 0.6 is 0 Å². The zero-order chi connectivity index (χ0) is 12.0. The molecule has 2 unspecified atom stereocenters. The first kappa shape index (κ1) is 13.2. The number of rotatable bonds is 6. The van der Waals surface area contributed by atoms with Crippen LogP contribution in [-0.4, -0.2) is 25.4 Å². The van der Waals surface area contributed by atoms with Gasteiger partial charge < -0.3 is 9.84 Å². The predicted molar refractivity (Wildman–Crippen MR) is 66.7 cm³/mol. The molecule has 0 saturated heterocycles. The van der Waals surface area contributed by atoms with E-state index in [4.69, 9.17) is 4.74 Å². The lowest BCUT2D eigenvalue weighted by Crippen LogP contribution is -2.16. The van der Waals surface area contributed by atoms with Crippen molar-refractivity contribution in [3.63, 3.8) is 0 Å². The first-order valence-electron chi connectivity index (χ1n) is 5.86. The Labute approximate surface area is 98.3 Å². The van der Waals surface area contributed by atoms with Gasteiger partial charge in [-0.05, 0) is 30.4 Å². The molecule has 0 aromatic heterocycles. The normalized spacial score (nSPS) is 14.8. The lowest BCUT2D eigenvalue weighted by Gasteiger charge is -2.23. The molecule has 0 bridgehead atoms. The summed E-state index contributed by atoms with van der Waals surface area (Å²) in [5.41, 5.74) is 2.51. The molecule has 2 heteroatoms. The van der Waals surface area contributed by atoms with E-state index in [2.05, 4.69) is 26.0 Å². The van der Waals surface area contributed by atoms with Crippen LogP contribution < -0.4 is 0 Å². The average Bonchev–Trinajstić information content (AvgIpc) is 2.30. The van der Waals surface area contributed by atoms with Crippen molar-refractivity contribution in [1.29, 1.82) is 0 Å². The molecule has 0 fully saturated rings. The summed E-state index contributed by atoms with van der Waals surface area (Å²) in [6.07, 6.45) is 0.982. The van der Waals surface area contributed by atoms with Crippen LogP contribution in [-0.2, 0) is 4.74 Å². The van der Waals surface area contributed by atoms with Crippen LogP contribution in [0.4, 0.5) is 0 Å². The number of aryl methyl sites for hydroxylation is 1. The molecule has 0 radical (unpaired) electrons. The second-order valence-electron chi connectivity index (χ2n) is 4.40. The summed E-state index contributed by atoms with van der Waals surface area (Å²) in [4.78, 5) is 0. The quantitative estimate of drug-likeness (QED) is 0.802. The van der Waals surface area contributed by atoms with E-state index in [-0.39, 0.29) is 12.5 Å². The molecular weight excluding hydrogens is 200 g/mol. The Balaban J connectivity index is 2.77. The molecule has 2 nitrogen and oxygen atoms in total. The minimum Gasteiger partial charge on any atom is -0.396 e. The fourth-order valence-electron chi connectivity index (χ4n) is 2.09. The van der Waals surface area contributed by atoms with Crippen LogP contribution in [0, 0.1) is 12.8 Å². The third-order valence-electron chi connectivity index (χ3n) is 3.25. The maximum absolute atomic E-state index is 9.53. The Bertz CT molecular complexity index is 309. The fraction of sp³-hybridized carbons (Fsp3) is 0.571. The van der Waals surface area contributed by atoms with Crippen molar-refractivity contribution < 1.29 is 9.84 Å². The first-order chi connectivity index (χ1) is 7.70. The third kappa shape index (κ3) is 3.32. The van der Waals surface area contributed by atoms with Gasteiger partial charge in [-0.1, -0.05) is 31.2 Å². The minimum atomic E-state index is 0.204. The van der Waals surface area contributed by atoms with Crippen molar-refractivity contribution in [2.75, 3.05) is 20.3 Å². The largest absolute Gasteiger partial charge is 0.396 e. The van der Waals surface area contributed by atoms with E-state index in [1.54, 1.807) is 7.11 Å². The molecule has 0 heterocycles. The smallest absolute Gasteiger partial charge is 0.0502 e. The van der Waals surface area contributed by atoms with Gasteiger partial charge in [0.25, 0.3) is 0 Å². The highest BCUT2D eigenvalue weighted by Crippen LogP contribution is 2.28. The van der Waals surface area contributed by atoms with Gasteiger partial charge in [-0.2, -0.15) is 0 Å². The molecule has 0 amide bonds. The van der Waals surface area contributed by atoms with Crippen molar-refractivity contribution in [3.8, 4) is 0 Å². The Morgan fingerprint density at radius 1 is 1.31 bits per heavy atom. The van der Waals surface area contributed by atoms with Gasteiger partial charge in [-0.15, -0.1) is 0 Å². The van der Waals surface area contributed by atoms with Crippen LogP contribution in [0.2, 0.25) is 0 Å². The predicted octanol–water partition coefficient (Wildman–Crippen LogP) is 2.74. The zero-order valence-corrected chi connectivity index (χ0v) is 10.4. The highest BCUT2D eigenvalue weighted by atomic mass is 16.5. The molecule has 90 valence electrons. The molecule has 0 aliphatic carbocycles. The molecule has 16 heavy (non-hydrogen) atoms. The van der Waals surface area contributed by atoms with Gasteiger partial charge in [0.2, 0.25) is 0 Å². The van der Waals surface area contributed by atoms with Crippen LogP contribution in [0.5, 0.6) is 0 Å². The van der Waals surface area contributed by atoms with Crippen molar-refractivity contribution >= 4 is 0 Å². The molecule has 2 atom stereocenters. The number of methoxy groups -OCH3 is 1. The maximum Gasteiger partial charge on any atom is 0.0502 e. The van der Waals surface area contributed by atoms with Crippen molar-refractivity contribution in [1.82, 2.24) is 0 Å². The van der Waals surface area contributed by atoms with E-state index >= 15 is 0 Å². The first-order valence-corrected chi connectivity index (χ1v) is 5.86. The van der Waals surface area contributed by atoms with Gasteiger partial charge >= 0.3 is 0 Å². The molecule has 1 rings (SSSR count). The Morgan fingerprint density at radius 3 is 2.56 bits per heavy atom. The van der Waals surface area contributed by atoms with Gasteiger partial charge in [-0.3, -0.25) is 0 Å². The number of ether oxygens (including phenoxy) is 1. The van der Waals surface area contributed by atoms with Gasteiger partial charge in [0.15, 0.2) is 0 Å². The van der Waals surface area contributed by atoms with Gasteiger partial charge in [0.1, 0.15) is 0 Å². The molecule has 0 aliphatic rings. The lowest BCUT2D eigenvalue weighted by atomic mass is 9.84. The average molecular weight is 222 g/mol. The minimum absolute atomic E-state index is 0.204. The second-order valence-corrected chi connectivity index (χ2v) is 4.40. The second kappa shape index (κ2) is 6.66. The molecular formula is C14H22O2. The standard InChI is InChI=1S/C14H22O2/c1-11-6-4-5-7-13(11)14(10-15)12(2)8-9-16-3/h4-7,12,14-15H,8-10H2,1-3H3. The Morgan fingerprint density at radius 2 is 2.00 bits per heavy atom. The molecule has 1 aromatic carbocycles. The maximum atomic E-state index is 9.53.